The third-order valence-electron chi connectivity index (χ3n) is 3.73. The van der Waals surface area contributed by atoms with E-state index in [0.29, 0.717) is 23.3 Å². The molecular formula is C18H20N4O3. The number of hydrogen-bond acceptors (Lipinski definition) is 4. The molecule has 4 N–H and O–H groups in total. The molecule has 0 radical (unpaired) electrons. The number of fused-ring (bicyclic) bond motifs is 1. The van der Waals surface area contributed by atoms with Gasteiger partial charge in [0.1, 0.15) is 11.8 Å². The first-order valence-corrected chi connectivity index (χ1v) is 8.07. The number of anilines is 2. The molecule has 1 aromatic heterocycles. The van der Waals surface area contributed by atoms with Crippen LogP contribution >= 0.6 is 0 Å². The van der Waals surface area contributed by atoms with Crippen LogP contribution in [0.3, 0.4) is 0 Å². The summed E-state index contributed by atoms with van der Waals surface area (Å²) in [5.74, 6) is 0.616. The van der Waals surface area contributed by atoms with Crippen molar-refractivity contribution in [1.82, 2.24) is 9.97 Å². The summed E-state index contributed by atoms with van der Waals surface area (Å²) in [7, 11) is 0. The fourth-order valence-corrected chi connectivity index (χ4v) is 2.49. The number of rotatable bonds is 6. The van der Waals surface area contributed by atoms with E-state index in [-0.39, 0.29) is 11.6 Å². The minimum atomic E-state index is -0.432. The largest absolute Gasteiger partial charge is 0.494 e. The van der Waals surface area contributed by atoms with Gasteiger partial charge in [0.05, 0.1) is 17.6 Å². The van der Waals surface area contributed by atoms with E-state index in [1.54, 1.807) is 25.1 Å². The molecule has 1 heterocycles. The molecular weight excluding hydrogens is 320 g/mol. The zero-order chi connectivity index (χ0) is 17.8. The molecule has 2 aromatic carbocycles. The summed E-state index contributed by atoms with van der Waals surface area (Å²) in [6.07, 6.45) is 0. The molecule has 130 valence electrons. The van der Waals surface area contributed by atoms with Gasteiger partial charge in [0.2, 0.25) is 5.91 Å². The topological polar surface area (TPSA) is 99.0 Å². The zero-order valence-corrected chi connectivity index (χ0v) is 14.1. The number of aromatic amines is 2. The van der Waals surface area contributed by atoms with Crippen molar-refractivity contribution < 1.29 is 9.53 Å². The van der Waals surface area contributed by atoms with Crippen LogP contribution in [0, 0.1) is 0 Å². The molecule has 3 rings (SSSR count). The van der Waals surface area contributed by atoms with Gasteiger partial charge in [-0.25, -0.2) is 4.79 Å². The van der Waals surface area contributed by atoms with Gasteiger partial charge in [-0.15, -0.1) is 0 Å². The molecule has 3 aromatic rings. The molecule has 0 aliphatic heterocycles. The van der Waals surface area contributed by atoms with Crippen LogP contribution in [-0.4, -0.2) is 28.5 Å². The zero-order valence-electron chi connectivity index (χ0n) is 14.1. The van der Waals surface area contributed by atoms with Crippen LogP contribution in [0.4, 0.5) is 11.4 Å². The number of imidazole rings is 1. The number of hydrogen-bond donors (Lipinski definition) is 4. The Morgan fingerprint density at radius 2 is 1.76 bits per heavy atom. The molecule has 0 saturated carbocycles. The number of aromatic nitrogens is 2. The van der Waals surface area contributed by atoms with Crippen molar-refractivity contribution in [1.29, 1.82) is 0 Å². The highest BCUT2D eigenvalue weighted by Gasteiger charge is 2.13. The van der Waals surface area contributed by atoms with Gasteiger partial charge in [-0.1, -0.05) is 0 Å². The van der Waals surface area contributed by atoms with Crippen molar-refractivity contribution in [2.75, 3.05) is 17.2 Å². The smallest absolute Gasteiger partial charge is 0.323 e. The Labute approximate surface area is 144 Å². The maximum Gasteiger partial charge on any atom is 0.323 e. The normalized spacial score (nSPS) is 11.9. The summed E-state index contributed by atoms with van der Waals surface area (Å²) in [5, 5.41) is 5.97. The number of carbonyl (C=O) groups excluding carboxylic acids is 1. The first kappa shape index (κ1) is 16.6. The maximum atomic E-state index is 12.3. The summed E-state index contributed by atoms with van der Waals surface area (Å²) in [4.78, 5) is 29.0. The Kier molecular flexibility index (Phi) is 4.74. The predicted molar refractivity (Wildman–Crippen MR) is 98.2 cm³/mol. The van der Waals surface area contributed by atoms with Gasteiger partial charge in [-0.05, 0) is 56.3 Å². The second kappa shape index (κ2) is 7.12. The number of benzene rings is 2. The van der Waals surface area contributed by atoms with E-state index in [1.165, 1.54) is 0 Å². The van der Waals surface area contributed by atoms with Gasteiger partial charge in [-0.2, -0.15) is 0 Å². The van der Waals surface area contributed by atoms with E-state index in [0.717, 1.165) is 11.4 Å². The van der Waals surface area contributed by atoms with Crippen LogP contribution in [0.15, 0.2) is 47.3 Å². The summed E-state index contributed by atoms with van der Waals surface area (Å²) < 4.78 is 5.39. The van der Waals surface area contributed by atoms with Crippen LogP contribution in [0.5, 0.6) is 5.75 Å². The number of carbonyl (C=O) groups is 1. The van der Waals surface area contributed by atoms with E-state index >= 15 is 0 Å². The first-order valence-electron chi connectivity index (χ1n) is 8.07. The van der Waals surface area contributed by atoms with Crippen molar-refractivity contribution in [2.45, 2.75) is 19.9 Å². The Morgan fingerprint density at radius 3 is 2.48 bits per heavy atom. The van der Waals surface area contributed by atoms with Crippen LogP contribution in [0.25, 0.3) is 11.0 Å². The highest BCUT2D eigenvalue weighted by Crippen LogP contribution is 2.18. The van der Waals surface area contributed by atoms with Crippen molar-refractivity contribution in [2.24, 2.45) is 0 Å². The molecule has 7 heteroatoms. The van der Waals surface area contributed by atoms with Crippen LogP contribution in [0.2, 0.25) is 0 Å². The molecule has 0 aliphatic carbocycles. The number of amides is 1. The van der Waals surface area contributed by atoms with Crippen LogP contribution in [-0.2, 0) is 4.79 Å². The molecule has 0 spiro atoms. The van der Waals surface area contributed by atoms with Gasteiger partial charge >= 0.3 is 5.69 Å². The number of ether oxygens (including phenoxy) is 1. The van der Waals surface area contributed by atoms with Crippen LogP contribution < -0.4 is 21.1 Å². The van der Waals surface area contributed by atoms with E-state index in [4.69, 9.17) is 4.74 Å². The lowest BCUT2D eigenvalue weighted by atomic mass is 10.2. The Morgan fingerprint density at radius 1 is 1.08 bits per heavy atom. The summed E-state index contributed by atoms with van der Waals surface area (Å²) in [5.41, 5.74) is 2.52. The monoisotopic (exact) mass is 340 g/mol. The van der Waals surface area contributed by atoms with Gasteiger partial charge < -0.3 is 25.3 Å². The quantitative estimate of drug-likeness (QED) is 0.554. The minimum absolute atomic E-state index is 0.175. The average molecular weight is 340 g/mol. The molecule has 7 nitrogen and oxygen atoms in total. The third kappa shape index (κ3) is 4.00. The second-order valence-corrected chi connectivity index (χ2v) is 5.65. The first-order chi connectivity index (χ1) is 12.0. The number of nitrogens with one attached hydrogen (secondary N) is 4. The highest BCUT2D eigenvalue weighted by molar-refractivity contribution is 5.97. The maximum absolute atomic E-state index is 12.3. The van der Waals surface area contributed by atoms with Gasteiger partial charge in [0.25, 0.3) is 0 Å². The molecule has 1 amide bonds. The molecule has 0 fully saturated rings. The standard InChI is InChI=1S/C18H20N4O3/c1-3-25-14-7-4-12(5-8-14)19-11(2)17(23)20-13-6-9-15-16(10-13)22-18(24)21-15/h4-11,19H,3H2,1-2H3,(H,20,23)(H2,21,22,24). The molecule has 1 atom stereocenters. The lowest BCUT2D eigenvalue weighted by Gasteiger charge is -2.15. The van der Waals surface area contributed by atoms with Crippen molar-refractivity contribution >= 4 is 28.3 Å². The highest BCUT2D eigenvalue weighted by atomic mass is 16.5. The summed E-state index contributed by atoms with van der Waals surface area (Å²) >= 11 is 0. The van der Waals surface area contributed by atoms with E-state index in [1.807, 2.05) is 31.2 Å². The molecule has 1 unspecified atom stereocenters. The number of H-pyrrole nitrogens is 2. The van der Waals surface area contributed by atoms with Crippen molar-refractivity contribution in [3.63, 3.8) is 0 Å². The van der Waals surface area contributed by atoms with Gasteiger partial charge in [0, 0.05) is 11.4 Å². The Bertz CT molecular complexity index is 927. The molecule has 0 aliphatic rings. The van der Waals surface area contributed by atoms with Crippen molar-refractivity contribution in [3.8, 4) is 5.75 Å². The predicted octanol–water partition coefficient (Wildman–Crippen LogP) is 2.69. The fraction of sp³-hybridized carbons (Fsp3) is 0.222. The second-order valence-electron chi connectivity index (χ2n) is 5.65. The lowest BCUT2D eigenvalue weighted by Crippen LogP contribution is -2.31. The summed E-state index contributed by atoms with van der Waals surface area (Å²) in [6, 6.07) is 12.2. The molecule has 25 heavy (non-hydrogen) atoms. The SMILES string of the molecule is CCOc1ccc(NC(C)C(=O)Nc2ccc3[nH]c(=O)[nH]c3c2)cc1. The van der Waals surface area contributed by atoms with E-state index < -0.39 is 6.04 Å². The third-order valence-corrected chi connectivity index (χ3v) is 3.73. The van der Waals surface area contributed by atoms with Crippen LogP contribution in [0.1, 0.15) is 13.8 Å². The van der Waals surface area contributed by atoms with E-state index in [2.05, 4.69) is 20.6 Å². The average Bonchev–Trinajstić information content (AvgIpc) is 2.96. The lowest BCUT2D eigenvalue weighted by molar-refractivity contribution is -0.116. The Balaban J connectivity index is 1.63. The minimum Gasteiger partial charge on any atom is -0.494 e. The van der Waals surface area contributed by atoms with Gasteiger partial charge in [-0.3, -0.25) is 4.79 Å². The molecule has 0 bridgehead atoms. The Hall–Kier alpha value is -3.22. The molecule has 0 saturated heterocycles. The fourth-order valence-electron chi connectivity index (χ4n) is 2.49. The van der Waals surface area contributed by atoms with Gasteiger partial charge in [0.15, 0.2) is 0 Å². The van der Waals surface area contributed by atoms with Crippen molar-refractivity contribution in [3.05, 3.63) is 52.9 Å². The summed E-state index contributed by atoms with van der Waals surface area (Å²) in [6.45, 7) is 4.32. The van der Waals surface area contributed by atoms with E-state index in [9.17, 15) is 9.59 Å².